The third-order valence-electron chi connectivity index (χ3n) is 4.18. The first-order chi connectivity index (χ1) is 15.3. The molecule has 0 bridgehead atoms. The Balaban J connectivity index is 2.20. The molecule has 0 unspecified atom stereocenters. The highest BCUT2D eigenvalue weighted by Gasteiger charge is 2.24. The number of thioether (sulfide) groups is 1. The van der Waals surface area contributed by atoms with E-state index in [1.807, 2.05) is 13.8 Å². The third-order valence-corrected chi connectivity index (χ3v) is 6.13. The molecule has 4 N–H and O–H groups in total. The Hall–Kier alpha value is -2.87. The number of nitrogens with one attached hydrogen (secondary N) is 2. The Morgan fingerprint density at radius 3 is 2.66 bits per heavy atom. The van der Waals surface area contributed by atoms with E-state index in [0.29, 0.717) is 23.7 Å². The second-order valence-corrected chi connectivity index (χ2v) is 8.75. The van der Waals surface area contributed by atoms with Crippen LogP contribution in [0.4, 0.5) is 21.4 Å². The van der Waals surface area contributed by atoms with Crippen molar-refractivity contribution in [3.8, 4) is 0 Å². The van der Waals surface area contributed by atoms with Gasteiger partial charge in [-0.2, -0.15) is 0 Å². The number of hydrogen-bond donors (Lipinski definition) is 3. The predicted octanol–water partition coefficient (Wildman–Crippen LogP) is 1.87. The first-order valence-corrected chi connectivity index (χ1v) is 12.0. The lowest BCUT2D eigenvalue weighted by molar-refractivity contribution is -0.116. The Labute approximate surface area is 192 Å². The fourth-order valence-corrected chi connectivity index (χ4v) is 4.35. The highest BCUT2D eigenvalue weighted by Crippen LogP contribution is 2.27. The Bertz CT molecular complexity index is 1050. The number of carbonyl (C=O) groups is 2. The van der Waals surface area contributed by atoms with E-state index < -0.39 is 17.3 Å². The van der Waals surface area contributed by atoms with Gasteiger partial charge in [0.1, 0.15) is 5.82 Å². The quantitative estimate of drug-likeness (QED) is 0.318. The van der Waals surface area contributed by atoms with Crippen LogP contribution in [0.25, 0.3) is 0 Å². The summed E-state index contributed by atoms with van der Waals surface area (Å²) in [6.45, 7) is 6.34. The van der Waals surface area contributed by atoms with E-state index in [1.54, 1.807) is 6.92 Å². The molecular weight excluding hydrogens is 458 g/mol. The van der Waals surface area contributed by atoms with E-state index in [4.69, 9.17) is 10.5 Å². The van der Waals surface area contributed by atoms with Crippen molar-refractivity contribution in [2.45, 2.75) is 50.9 Å². The van der Waals surface area contributed by atoms with Gasteiger partial charge in [0, 0.05) is 13.1 Å². The average Bonchev–Trinajstić information content (AvgIpc) is 3.18. The summed E-state index contributed by atoms with van der Waals surface area (Å²) in [5.41, 5.74) is 4.80. The molecule has 0 aliphatic rings. The SMILES string of the molecule is CCCCN(C(=O)CSc1nnc(NC(=O)OCC)s1)c1c(N)n(CCC)c(=O)[nH]c1=O. The Kier molecular flexibility index (Phi) is 9.71. The van der Waals surface area contributed by atoms with Crippen LogP contribution in [-0.2, 0) is 16.1 Å². The summed E-state index contributed by atoms with van der Waals surface area (Å²) in [6, 6.07) is 0. The molecule has 0 saturated carbocycles. The zero-order valence-electron chi connectivity index (χ0n) is 18.2. The molecule has 12 nitrogen and oxygen atoms in total. The van der Waals surface area contributed by atoms with Crippen molar-refractivity contribution in [2.75, 3.05) is 34.9 Å². The molecule has 32 heavy (non-hydrogen) atoms. The van der Waals surface area contributed by atoms with Crippen LogP contribution in [0.3, 0.4) is 0 Å². The molecule has 2 rings (SSSR count). The molecule has 0 fully saturated rings. The number of ether oxygens (including phenoxy) is 1. The van der Waals surface area contributed by atoms with Gasteiger partial charge in [0.2, 0.25) is 11.0 Å². The molecule has 0 atom stereocenters. The van der Waals surface area contributed by atoms with Gasteiger partial charge in [-0.15, -0.1) is 10.2 Å². The molecule has 0 aliphatic carbocycles. The number of nitrogen functional groups attached to an aromatic ring is 1. The van der Waals surface area contributed by atoms with Crippen LogP contribution >= 0.6 is 23.1 Å². The van der Waals surface area contributed by atoms with Crippen LogP contribution in [0.2, 0.25) is 0 Å². The van der Waals surface area contributed by atoms with Crippen molar-refractivity contribution in [1.29, 1.82) is 0 Å². The number of carbonyl (C=O) groups excluding carboxylic acids is 2. The van der Waals surface area contributed by atoms with Gasteiger partial charge < -0.3 is 15.4 Å². The molecule has 2 aromatic heterocycles. The predicted molar refractivity (Wildman–Crippen MR) is 125 cm³/mol. The fourth-order valence-electron chi connectivity index (χ4n) is 2.74. The molecule has 0 spiro atoms. The van der Waals surface area contributed by atoms with Crippen molar-refractivity contribution >= 4 is 51.7 Å². The molecule has 0 aliphatic heterocycles. The number of rotatable bonds is 11. The smallest absolute Gasteiger partial charge is 0.413 e. The van der Waals surface area contributed by atoms with E-state index in [9.17, 15) is 19.2 Å². The summed E-state index contributed by atoms with van der Waals surface area (Å²) < 4.78 is 6.50. The Morgan fingerprint density at radius 1 is 1.25 bits per heavy atom. The fraction of sp³-hybridized carbons (Fsp3) is 0.556. The number of amides is 2. The van der Waals surface area contributed by atoms with Crippen molar-refractivity contribution in [3.63, 3.8) is 0 Å². The minimum atomic E-state index is -0.703. The molecular formula is C18H27N7O5S2. The van der Waals surface area contributed by atoms with E-state index in [0.717, 1.165) is 29.5 Å². The van der Waals surface area contributed by atoms with Gasteiger partial charge in [0.15, 0.2) is 10.0 Å². The van der Waals surface area contributed by atoms with Crippen molar-refractivity contribution in [2.24, 2.45) is 0 Å². The highest BCUT2D eigenvalue weighted by molar-refractivity contribution is 8.01. The number of aromatic nitrogens is 4. The van der Waals surface area contributed by atoms with E-state index in [-0.39, 0.29) is 41.4 Å². The van der Waals surface area contributed by atoms with Crippen LogP contribution in [0.5, 0.6) is 0 Å². The number of anilines is 3. The first-order valence-electron chi connectivity index (χ1n) is 10.1. The molecule has 14 heteroatoms. The minimum Gasteiger partial charge on any atom is -0.450 e. The molecule has 0 aromatic carbocycles. The normalized spacial score (nSPS) is 10.7. The highest BCUT2D eigenvalue weighted by atomic mass is 32.2. The van der Waals surface area contributed by atoms with Crippen LogP contribution in [-0.4, -0.2) is 50.7 Å². The topological polar surface area (TPSA) is 165 Å². The second-order valence-electron chi connectivity index (χ2n) is 6.55. The number of nitrogens with zero attached hydrogens (tertiary/aromatic N) is 4. The monoisotopic (exact) mass is 485 g/mol. The van der Waals surface area contributed by atoms with Crippen molar-refractivity contribution < 1.29 is 14.3 Å². The van der Waals surface area contributed by atoms with Gasteiger partial charge in [-0.1, -0.05) is 43.4 Å². The molecule has 2 aromatic rings. The molecule has 2 heterocycles. The molecule has 0 radical (unpaired) electrons. The summed E-state index contributed by atoms with van der Waals surface area (Å²) in [6.07, 6.45) is 1.43. The van der Waals surface area contributed by atoms with E-state index in [1.165, 1.54) is 9.47 Å². The van der Waals surface area contributed by atoms with Crippen molar-refractivity contribution in [1.82, 2.24) is 19.7 Å². The van der Waals surface area contributed by atoms with Gasteiger partial charge in [0.25, 0.3) is 5.56 Å². The van der Waals surface area contributed by atoms with Crippen molar-refractivity contribution in [3.05, 3.63) is 20.8 Å². The molecule has 0 saturated heterocycles. The largest absolute Gasteiger partial charge is 0.450 e. The molecule has 176 valence electrons. The number of H-pyrrole nitrogens is 1. The maximum atomic E-state index is 13.0. The van der Waals surface area contributed by atoms with Crippen LogP contribution in [0.15, 0.2) is 13.9 Å². The third kappa shape index (κ3) is 6.56. The summed E-state index contributed by atoms with van der Waals surface area (Å²) in [5.74, 6) is -0.437. The number of aromatic amines is 1. The average molecular weight is 486 g/mol. The Morgan fingerprint density at radius 2 is 2.00 bits per heavy atom. The first kappa shape index (κ1) is 25.4. The lowest BCUT2D eigenvalue weighted by Gasteiger charge is -2.24. The number of nitrogens with two attached hydrogens (primary N) is 1. The molecule has 2 amide bonds. The van der Waals surface area contributed by atoms with Crippen LogP contribution < -0.4 is 27.2 Å². The van der Waals surface area contributed by atoms with Gasteiger partial charge >= 0.3 is 11.8 Å². The zero-order valence-corrected chi connectivity index (χ0v) is 19.8. The lowest BCUT2D eigenvalue weighted by atomic mass is 10.2. The summed E-state index contributed by atoms with van der Waals surface area (Å²) in [7, 11) is 0. The van der Waals surface area contributed by atoms with Gasteiger partial charge in [-0.3, -0.25) is 24.5 Å². The van der Waals surface area contributed by atoms with E-state index >= 15 is 0 Å². The maximum absolute atomic E-state index is 13.0. The number of unbranched alkanes of at least 4 members (excludes halogenated alkanes) is 1. The van der Waals surface area contributed by atoms with Gasteiger partial charge in [-0.05, 0) is 19.8 Å². The summed E-state index contributed by atoms with van der Waals surface area (Å²) in [5, 5.41) is 10.5. The minimum absolute atomic E-state index is 0.0287. The van der Waals surface area contributed by atoms with Gasteiger partial charge in [0.05, 0.1) is 12.4 Å². The van der Waals surface area contributed by atoms with E-state index in [2.05, 4.69) is 20.5 Å². The number of hydrogen-bond acceptors (Lipinski definition) is 10. The van der Waals surface area contributed by atoms with Gasteiger partial charge in [-0.25, -0.2) is 9.59 Å². The standard InChI is InChI=1S/C18H27N7O5S2/c1-4-7-9-24(12-13(19)25(8-5-2)16(28)20-14(12)27)11(26)10-31-18-23-22-15(32-18)21-17(29)30-6-3/h4-10,19H2,1-3H3,(H,20,27,28)(H,21,22,29). The maximum Gasteiger partial charge on any atom is 0.413 e. The summed E-state index contributed by atoms with van der Waals surface area (Å²) >= 11 is 2.21. The van der Waals surface area contributed by atoms with Crippen LogP contribution in [0, 0.1) is 0 Å². The lowest BCUT2D eigenvalue weighted by Crippen LogP contribution is -2.42. The van der Waals surface area contributed by atoms with Crippen LogP contribution in [0.1, 0.15) is 40.0 Å². The zero-order chi connectivity index (χ0) is 23.7. The second kappa shape index (κ2) is 12.2. The summed E-state index contributed by atoms with van der Waals surface area (Å²) in [4.78, 5) is 52.7.